The minimum absolute atomic E-state index is 0.187. The summed E-state index contributed by atoms with van der Waals surface area (Å²) in [5, 5.41) is 9.54. The third kappa shape index (κ3) is 2.29. The van der Waals surface area contributed by atoms with Gasteiger partial charge in [0.1, 0.15) is 29.1 Å². The van der Waals surface area contributed by atoms with Gasteiger partial charge in [-0.1, -0.05) is 0 Å². The first-order chi connectivity index (χ1) is 5.69. The highest BCUT2D eigenvalue weighted by Crippen LogP contribution is 2.23. The van der Waals surface area contributed by atoms with Crippen LogP contribution in [0.1, 0.15) is 13.3 Å². The minimum atomic E-state index is -0.558. The number of ether oxygens (including phenoxy) is 2. The lowest BCUT2D eigenvalue weighted by molar-refractivity contribution is -0.212. The predicted molar refractivity (Wildman–Crippen MR) is 50.9 cm³/mol. The van der Waals surface area contributed by atoms with Gasteiger partial charge >= 0.3 is 0 Å². The molecule has 4 nitrogen and oxygen atoms in total. The van der Waals surface area contributed by atoms with E-state index >= 15 is 0 Å². The Morgan fingerprint density at radius 3 is 2.75 bits per heavy atom. The fraction of sp³-hybridized carbons (Fsp3) is 1.00. The second-order valence-corrected chi connectivity index (χ2v) is 3.37. The molecule has 0 saturated carbocycles. The average molecular weight is 288 g/mol. The second kappa shape index (κ2) is 4.71. The van der Waals surface area contributed by atoms with Crippen molar-refractivity contribution in [3.63, 3.8) is 0 Å². The molecule has 0 aromatic rings. The first-order valence-corrected chi connectivity index (χ1v) is 4.70. The van der Waals surface area contributed by atoms with Crippen LogP contribution in [0.5, 0.6) is 0 Å². The number of hydrogen-bond donors (Lipinski definition) is 1. The van der Waals surface area contributed by atoms with Crippen LogP contribution in [0.3, 0.4) is 0 Å². The predicted octanol–water partition coefficient (Wildman–Crippen LogP) is 0.864. The molecule has 1 heterocycles. The summed E-state index contributed by atoms with van der Waals surface area (Å²) in [6.45, 7) is 1.80. The molecule has 1 aliphatic heterocycles. The highest BCUT2D eigenvalue weighted by Gasteiger charge is 2.35. The van der Waals surface area contributed by atoms with Crippen molar-refractivity contribution in [2.24, 2.45) is 0 Å². The lowest BCUT2D eigenvalue weighted by atomic mass is 10.0. The van der Waals surface area contributed by atoms with Crippen molar-refractivity contribution in [3.8, 4) is 0 Å². The standard InChI is InChI=1S/C7H13IO4/c1-4-7(9)5(10-2)3-6(11-4)12-8/h4-7,9H,3H2,1-2H3. The lowest BCUT2D eigenvalue weighted by Crippen LogP contribution is -2.47. The van der Waals surface area contributed by atoms with E-state index in [9.17, 15) is 5.11 Å². The number of methoxy groups -OCH3 is 1. The van der Waals surface area contributed by atoms with Gasteiger partial charge in [-0.05, 0) is 6.92 Å². The Hall–Kier alpha value is 0.570. The van der Waals surface area contributed by atoms with Crippen molar-refractivity contribution in [3.05, 3.63) is 0 Å². The van der Waals surface area contributed by atoms with Gasteiger partial charge in [0.25, 0.3) is 0 Å². The van der Waals surface area contributed by atoms with E-state index in [0.29, 0.717) is 6.42 Å². The van der Waals surface area contributed by atoms with Crippen LogP contribution in [0.25, 0.3) is 0 Å². The number of rotatable bonds is 2. The van der Waals surface area contributed by atoms with Gasteiger partial charge in [-0.3, -0.25) is 3.07 Å². The average Bonchev–Trinajstić information content (AvgIpc) is 2.09. The minimum Gasteiger partial charge on any atom is -0.388 e. The highest BCUT2D eigenvalue weighted by atomic mass is 127. The molecule has 0 aromatic heterocycles. The number of hydrogen-bond acceptors (Lipinski definition) is 4. The van der Waals surface area contributed by atoms with E-state index < -0.39 is 6.10 Å². The van der Waals surface area contributed by atoms with E-state index in [4.69, 9.17) is 12.5 Å². The molecule has 1 N–H and O–H groups in total. The normalized spacial score (nSPS) is 43.0. The molecule has 0 spiro atoms. The zero-order valence-corrected chi connectivity index (χ0v) is 9.22. The Morgan fingerprint density at radius 1 is 1.58 bits per heavy atom. The fourth-order valence-corrected chi connectivity index (χ4v) is 1.63. The maximum atomic E-state index is 9.54. The van der Waals surface area contributed by atoms with Crippen molar-refractivity contribution in [1.82, 2.24) is 0 Å². The molecule has 4 unspecified atom stereocenters. The first-order valence-electron chi connectivity index (χ1n) is 3.82. The second-order valence-electron chi connectivity index (χ2n) is 2.86. The van der Waals surface area contributed by atoms with Gasteiger partial charge in [-0.25, -0.2) is 0 Å². The van der Waals surface area contributed by atoms with E-state index in [-0.39, 0.29) is 18.5 Å². The molecular weight excluding hydrogens is 275 g/mol. The van der Waals surface area contributed by atoms with Gasteiger partial charge in [0.15, 0.2) is 6.29 Å². The molecule has 5 heteroatoms. The molecule has 1 fully saturated rings. The van der Waals surface area contributed by atoms with E-state index in [1.807, 2.05) is 0 Å². The number of aliphatic hydroxyl groups is 1. The summed E-state index contributed by atoms with van der Waals surface area (Å²) in [6.07, 6.45) is -0.672. The van der Waals surface area contributed by atoms with Gasteiger partial charge in [0, 0.05) is 13.5 Å². The molecule has 0 bridgehead atoms. The van der Waals surface area contributed by atoms with E-state index in [1.165, 1.54) is 0 Å². The van der Waals surface area contributed by atoms with Gasteiger partial charge < -0.3 is 14.6 Å². The van der Waals surface area contributed by atoms with Gasteiger partial charge in [0.2, 0.25) is 0 Å². The summed E-state index contributed by atoms with van der Waals surface area (Å²) in [4.78, 5) is 0. The Labute approximate surface area is 85.9 Å². The smallest absolute Gasteiger partial charge is 0.171 e. The molecule has 1 saturated heterocycles. The SMILES string of the molecule is COC1CC(OI)OC(C)C1O. The molecule has 72 valence electrons. The summed E-state index contributed by atoms with van der Waals surface area (Å²) < 4.78 is 15.4. The molecule has 0 radical (unpaired) electrons. The highest BCUT2D eigenvalue weighted by molar-refractivity contribution is 14.1. The third-order valence-corrected chi connectivity index (χ3v) is 2.62. The Morgan fingerprint density at radius 2 is 2.25 bits per heavy atom. The van der Waals surface area contributed by atoms with Crippen LogP contribution >= 0.6 is 23.0 Å². The third-order valence-electron chi connectivity index (χ3n) is 2.06. The van der Waals surface area contributed by atoms with Gasteiger partial charge in [-0.2, -0.15) is 0 Å². The van der Waals surface area contributed by atoms with Crippen LogP contribution in [-0.4, -0.2) is 36.8 Å². The molecule has 4 atom stereocenters. The van der Waals surface area contributed by atoms with Crippen molar-refractivity contribution in [1.29, 1.82) is 0 Å². The summed E-state index contributed by atoms with van der Waals surface area (Å²) in [7, 11) is 1.58. The topological polar surface area (TPSA) is 47.9 Å². The quantitative estimate of drug-likeness (QED) is 0.766. The van der Waals surface area contributed by atoms with Crippen molar-refractivity contribution in [2.45, 2.75) is 37.9 Å². The Balaban J connectivity index is 2.52. The Bertz CT molecular complexity index is 143. The van der Waals surface area contributed by atoms with Gasteiger partial charge in [-0.15, -0.1) is 0 Å². The van der Waals surface area contributed by atoms with Crippen molar-refractivity contribution >= 4 is 23.0 Å². The zero-order valence-electron chi connectivity index (χ0n) is 7.07. The molecule has 1 rings (SSSR count). The van der Waals surface area contributed by atoms with E-state index in [1.54, 1.807) is 37.0 Å². The van der Waals surface area contributed by atoms with Gasteiger partial charge in [0.05, 0.1) is 12.2 Å². The molecular formula is C7H13IO4. The zero-order chi connectivity index (χ0) is 9.14. The maximum absolute atomic E-state index is 9.54. The van der Waals surface area contributed by atoms with Crippen LogP contribution in [0.15, 0.2) is 0 Å². The molecule has 0 aromatic carbocycles. The molecule has 0 amide bonds. The molecule has 1 aliphatic rings. The first kappa shape index (κ1) is 10.6. The maximum Gasteiger partial charge on any atom is 0.171 e. The summed E-state index contributed by atoms with van der Waals surface area (Å²) >= 11 is 1.79. The van der Waals surface area contributed by atoms with Crippen LogP contribution in [0.4, 0.5) is 0 Å². The summed E-state index contributed by atoms with van der Waals surface area (Å²) in [5.74, 6) is 0. The molecule has 0 aliphatic carbocycles. The monoisotopic (exact) mass is 288 g/mol. The fourth-order valence-electron chi connectivity index (χ4n) is 1.30. The summed E-state index contributed by atoms with van der Waals surface area (Å²) in [6, 6.07) is 0. The van der Waals surface area contributed by atoms with Crippen LogP contribution in [0, 0.1) is 0 Å². The van der Waals surface area contributed by atoms with E-state index in [2.05, 4.69) is 0 Å². The van der Waals surface area contributed by atoms with Crippen molar-refractivity contribution < 1.29 is 17.6 Å². The number of halogens is 1. The Kier molecular flexibility index (Phi) is 4.18. The largest absolute Gasteiger partial charge is 0.388 e. The summed E-state index contributed by atoms with van der Waals surface area (Å²) in [5.41, 5.74) is 0. The van der Waals surface area contributed by atoms with E-state index in [0.717, 1.165) is 0 Å². The van der Waals surface area contributed by atoms with Crippen LogP contribution < -0.4 is 0 Å². The molecule has 12 heavy (non-hydrogen) atoms. The van der Waals surface area contributed by atoms with Crippen LogP contribution in [-0.2, 0) is 12.5 Å². The number of aliphatic hydroxyl groups excluding tert-OH is 1. The lowest BCUT2D eigenvalue weighted by Gasteiger charge is -2.35. The van der Waals surface area contributed by atoms with Crippen LogP contribution in [0.2, 0.25) is 0 Å². The van der Waals surface area contributed by atoms with Crippen molar-refractivity contribution in [2.75, 3.05) is 7.11 Å².